The summed E-state index contributed by atoms with van der Waals surface area (Å²) in [6.07, 6.45) is 0.103. The monoisotopic (exact) mass is 410 g/mol. The van der Waals surface area contributed by atoms with Gasteiger partial charge < -0.3 is 14.2 Å². The fraction of sp³-hybridized carbons (Fsp3) is 0.238. The highest BCUT2D eigenvalue weighted by atomic mass is 32.2. The Balaban J connectivity index is 1.65. The molecule has 0 saturated heterocycles. The molecule has 2 aromatic carbocycles. The van der Waals surface area contributed by atoms with E-state index in [1.54, 1.807) is 14.2 Å². The van der Waals surface area contributed by atoms with Crippen molar-refractivity contribution < 1.29 is 14.2 Å². The summed E-state index contributed by atoms with van der Waals surface area (Å²) in [5.41, 5.74) is 6.21. The number of nitrogens with zero attached hydrogens (tertiary/aromatic N) is 3. The van der Waals surface area contributed by atoms with Crippen molar-refractivity contribution in [1.29, 1.82) is 0 Å². The van der Waals surface area contributed by atoms with Crippen LogP contribution in [0.3, 0.4) is 0 Å². The van der Waals surface area contributed by atoms with Crippen LogP contribution in [0.25, 0.3) is 17.1 Å². The molecule has 1 aliphatic heterocycles. The van der Waals surface area contributed by atoms with Crippen molar-refractivity contribution in [3.8, 4) is 28.6 Å². The molecule has 3 aromatic rings. The summed E-state index contributed by atoms with van der Waals surface area (Å²) >= 11 is 1.51. The average molecular weight is 410 g/mol. The Morgan fingerprint density at radius 2 is 1.79 bits per heavy atom. The second-order valence-corrected chi connectivity index (χ2v) is 7.50. The van der Waals surface area contributed by atoms with E-state index in [9.17, 15) is 0 Å². The lowest BCUT2D eigenvalue weighted by Gasteiger charge is -2.20. The lowest BCUT2D eigenvalue weighted by Crippen LogP contribution is -2.18. The maximum atomic E-state index is 5.81. The van der Waals surface area contributed by atoms with Crippen molar-refractivity contribution in [3.63, 3.8) is 0 Å². The topological polar surface area (TPSA) is 70.4 Å². The van der Waals surface area contributed by atoms with Gasteiger partial charge in [-0.15, -0.1) is 10.2 Å². The lowest BCUT2D eigenvalue weighted by atomic mass is 10.1. The van der Waals surface area contributed by atoms with E-state index in [4.69, 9.17) is 14.2 Å². The van der Waals surface area contributed by atoms with Crippen LogP contribution in [0.15, 0.2) is 53.0 Å². The van der Waals surface area contributed by atoms with E-state index in [1.807, 2.05) is 66.4 Å². The molecule has 1 aliphatic rings. The van der Waals surface area contributed by atoms with Gasteiger partial charge in [0.15, 0.2) is 17.3 Å². The molecule has 7 nitrogen and oxygen atoms in total. The largest absolute Gasteiger partial charge is 0.493 e. The lowest BCUT2D eigenvalue weighted by molar-refractivity contribution is 0.242. The number of thioether (sulfide) groups is 1. The smallest absolute Gasteiger partial charge is 0.214 e. The molecule has 29 heavy (non-hydrogen) atoms. The quantitative estimate of drug-likeness (QED) is 0.646. The van der Waals surface area contributed by atoms with Crippen LogP contribution < -0.4 is 19.6 Å². The van der Waals surface area contributed by atoms with Crippen molar-refractivity contribution in [2.75, 3.05) is 19.6 Å². The molecule has 2 heterocycles. The van der Waals surface area contributed by atoms with Crippen molar-refractivity contribution in [1.82, 2.24) is 14.9 Å². The predicted octanol–water partition coefficient (Wildman–Crippen LogP) is 4.40. The molecule has 0 spiro atoms. The van der Waals surface area contributed by atoms with Crippen LogP contribution in [-0.2, 0) is 0 Å². The Kier molecular flexibility index (Phi) is 5.35. The van der Waals surface area contributed by atoms with Gasteiger partial charge in [-0.1, -0.05) is 23.9 Å². The molecule has 0 unspecified atom stereocenters. The van der Waals surface area contributed by atoms with E-state index in [2.05, 4.69) is 15.6 Å². The van der Waals surface area contributed by atoms with Crippen LogP contribution in [0.5, 0.6) is 17.2 Å². The van der Waals surface area contributed by atoms with Gasteiger partial charge >= 0.3 is 0 Å². The summed E-state index contributed by atoms with van der Waals surface area (Å²) < 4.78 is 18.5. The van der Waals surface area contributed by atoms with Gasteiger partial charge in [0, 0.05) is 16.5 Å². The van der Waals surface area contributed by atoms with Gasteiger partial charge in [0.1, 0.15) is 5.75 Å². The Morgan fingerprint density at radius 1 is 0.966 bits per heavy atom. The first-order chi connectivity index (χ1) is 14.1. The van der Waals surface area contributed by atoms with Crippen molar-refractivity contribution in [2.45, 2.75) is 25.1 Å². The van der Waals surface area contributed by atoms with E-state index in [0.717, 1.165) is 27.7 Å². The predicted molar refractivity (Wildman–Crippen MR) is 114 cm³/mol. The van der Waals surface area contributed by atoms with Crippen molar-refractivity contribution >= 4 is 17.5 Å². The number of aromatic nitrogens is 3. The number of benzene rings is 2. The molecule has 0 fully saturated rings. The molecule has 0 amide bonds. The van der Waals surface area contributed by atoms with E-state index in [0.29, 0.717) is 17.3 Å². The van der Waals surface area contributed by atoms with Gasteiger partial charge in [-0.05, 0) is 44.2 Å². The van der Waals surface area contributed by atoms with Gasteiger partial charge in [-0.3, -0.25) is 5.43 Å². The molecule has 4 rings (SSSR count). The van der Waals surface area contributed by atoms with Crippen LogP contribution in [0.1, 0.15) is 19.4 Å². The van der Waals surface area contributed by atoms with E-state index in [1.165, 1.54) is 11.8 Å². The maximum absolute atomic E-state index is 5.81. The van der Waals surface area contributed by atoms with Crippen molar-refractivity contribution in [3.05, 3.63) is 53.4 Å². The summed E-state index contributed by atoms with van der Waals surface area (Å²) in [5.74, 6) is 2.88. The zero-order valence-electron chi connectivity index (χ0n) is 16.7. The Labute approximate surface area is 173 Å². The SMILES string of the molecule is COc1ccc(C2=CSc3nnc(-c4cccc(OC(C)C)c4)n3N2)cc1OC. The molecule has 1 N–H and O–H groups in total. The second kappa shape index (κ2) is 8.08. The summed E-state index contributed by atoms with van der Waals surface area (Å²) in [4.78, 5) is 0. The summed E-state index contributed by atoms with van der Waals surface area (Å²) in [7, 11) is 3.25. The van der Waals surface area contributed by atoms with Gasteiger partial charge in [0.2, 0.25) is 5.16 Å². The number of hydrogen-bond donors (Lipinski definition) is 1. The molecule has 0 bridgehead atoms. The molecular weight excluding hydrogens is 388 g/mol. The molecule has 1 aromatic heterocycles. The van der Waals surface area contributed by atoms with Crippen LogP contribution in [0, 0.1) is 0 Å². The first-order valence-electron chi connectivity index (χ1n) is 9.18. The fourth-order valence-electron chi connectivity index (χ4n) is 3.01. The highest BCUT2D eigenvalue weighted by Crippen LogP contribution is 2.35. The van der Waals surface area contributed by atoms with Gasteiger partial charge in [0.05, 0.1) is 26.0 Å². The summed E-state index contributed by atoms with van der Waals surface area (Å²) in [6, 6.07) is 13.7. The minimum absolute atomic E-state index is 0.103. The Bertz CT molecular complexity index is 1060. The molecule has 0 saturated carbocycles. The van der Waals surface area contributed by atoms with E-state index < -0.39 is 0 Å². The molecule has 8 heteroatoms. The molecule has 0 aliphatic carbocycles. The first-order valence-corrected chi connectivity index (χ1v) is 10.1. The average Bonchev–Trinajstić information content (AvgIpc) is 3.16. The maximum Gasteiger partial charge on any atom is 0.214 e. The highest BCUT2D eigenvalue weighted by molar-refractivity contribution is 8.02. The number of nitrogens with one attached hydrogen (secondary N) is 1. The van der Waals surface area contributed by atoms with Crippen molar-refractivity contribution in [2.24, 2.45) is 0 Å². The van der Waals surface area contributed by atoms with Gasteiger partial charge in [-0.2, -0.15) is 0 Å². The second-order valence-electron chi connectivity index (χ2n) is 6.67. The molecule has 0 radical (unpaired) electrons. The molecule has 0 atom stereocenters. The van der Waals surface area contributed by atoms with E-state index in [-0.39, 0.29) is 6.10 Å². The first kappa shape index (κ1) is 19.2. The zero-order valence-corrected chi connectivity index (χ0v) is 17.5. The minimum Gasteiger partial charge on any atom is -0.493 e. The van der Waals surface area contributed by atoms with Crippen LogP contribution in [0.4, 0.5) is 0 Å². The number of fused-ring (bicyclic) bond motifs is 1. The normalized spacial score (nSPS) is 12.8. The molecular formula is C21H22N4O3S. The van der Waals surface area contributed by atoms with Crippen LogP contribution in [-0.4, -0.2) is 35.2 Å². The number of hydrogen-bond acceptors (Lipinski definition) is 7. The third-order valence-electron chi connectivity index (χ3n) is 4.31. The number of methoxy groups -OCH3 is 2. The third-order valence-corrected chi connectivity index (χ3v) is 5.13. The summed E-state index contributed by atoms with van der Waals surface area (Å²) in [6.45, 7) is 4.01. The number of rotatable bonds is 6. The third kappa shape index (κ3) is 3.88. The Morgan fingerprint density at radius 3 is 2.55 bits per heavy atom. The minimum atomic E-state index is 0.103. The zero-order chi connectivity index (χ0) is 20.4. The highest BCUT2D eigenvalue weighted by Gasteiger charge is 2.20. The van der Waals surface area contributed by atoms with Gasteiger partial charge in [-0.25, -0.2) is 4.68 Å². The summed E-state index contributed by atoms with van der Waals surface area (Å²) in [5, 5.41) is 11.4. The van der Waals surface area contributed by atoms with E-state index >= 15 is 0 Å². The number of ether oxygens (including phenoxy) is 3. The standard InChI is InChI=1S/C21H22N4O3S/c1-13(2)28-16-7-5-6-15(10-16)20-22-23-21-25(20)24-17(12-29-21)14-8-9-18(26-3)19(11-14)27-4/h5-13,24H,1-4H3. The van der Waals surface area contributed by atoms with Crippen LogP contribution in [0.2, 0.25) is 0 Å². The fourth-order valence-corrected chi connectivity index (χ4v) is 3.75. The molecule has 150 valence electrons. The Hall–Kier alpha value is -3.13. The van der Waals surface area contributed by atoms with Crippen LogP contribution >= 0.6 is 11.8 Å². The van der Waals surface area contributed by atoms with Gasteiger partial charge in [0.25, 0.3) is 0 Å².